The minimum absolute atomic E-state index is 0.0314. The molecule has 2 N–H and O–H groups in total. The predicted octanol–water partition coefficient (Wildman–Crippen LogP) is 10.2. The zero-order valence-electron chi connectivity index (χ0n) is 26.9. The molecule has 0 heterocycles. The number of rotatable bonds is 24. The van der Waals surface area contributed by atoms with E-state index in [1.165, 1.54) is 108 Å². The summed E-state index contributed by atoms with van der Waals surface area (Å²) in [7, 11) is 0. The summed E-state index contributed by atoms with van der Waals surface area (Å²) in [6.45, 7) is 1.99. The van der Waals surface area contributed by atoms with Gasteiger partial charge >= 0.3 is 0 Å². The smallest absolute Gasteiger partial charge is 0.143 e. The van der Waals surface area contributed by atoms with Gasteiger partial charge in [-0.2, -0.15) is 0 Å². The van der Waals surface area contributed by atoms with Crippen LogP contribution in [0.1, 0.15) is 132 Å². The molecule has 3 nitrogen and oxygen atoms in total. The van der Waals surface area contributed by atoms with Crippen molar-refractivity contribution in [2.24, 2.45) is 0 Å². The van der Waals surface area contributed by atoms with E-state index >= 15 is 0 Å². The third-order valence-corrected chi connectivity index (χ3v) is 8.72. The van der Waals surface area contributed by atoms with Crippen LogP contribution in [0.4, 0.5) is 0 Å². The Kier molecular flexibility index (Phi) is 17.3. The van der Waals surface area contributed by atoms with Crippen LogP contribution < -0.4 is 0 Å². The summed E-state index contributed by atoms with van der Waals surface area (Å²) in [6.07, 6.45) is 22.2. The second-order valence-electron chi connectivity index (χ2n) is 12.3. The normalized spacial score (nSPS) is 12.4. The topological polar surface area (TPSA) is 49.7 Å². The third-order valence-electron chi connectivity index (χ3n) is 8.72. The fourth-order valence-corrected chi connectivity index (χ4v) is 6.19. The van der Waals surface area contributed by atoms with E-state index in [1.54, 1.807) is 0 Å². The van der Waals surface area contributed by atoms with Crippen molar-refractivity contribution in [1.82, 2.24) is 0 Å². The first-order chi connectivity index (χ1) is 21.2. The summed E-state index contributed by atoms with van der Waals surface area (Å²) in [5.41, 5.74) is 3.48. The number of hydrogen-bond acceptors (Lipinski definition) is 3. The van der Waals surface area contributed by atoms with Gasteiger partial charge in [0.05, 0.1) is 13.2 Å². The van der Waals surface area contributed by atoms with Crippen LogP contribution in [0.3, 0.4) is 0 Å². The van der Waals surface area contributed by atoms with E-state index in [4.69, 9.17) is 4.74 Å². The number of unbranched alkanes of at least 4 members (excludes halogenated alkanes) is 15. The fourth-order valence-electron chi connectivity index (χ4n) is 6.19. The van der Waals surface area contributed by atoms with Crippen LogP contribution in [0.25, 0.3) is 0 Å². The molecule has 1 atom stereocenters. The molecule has 3 aromatic rings. The molecule has 0 saturated carbocycles. The van der Waals surface area contributed by atoms with Crippen LogP contribution in [0.2, 0.25) is 0 Å². The van der Waals surface area contributed by atoms with E-state index < -0.39 is 11.7 Å². The van der Waals surface area contributed by atoms with Crippen LogP contribution in [-0.2, 0) is 16.8 Å². The molecule has 0 spiro atoms. The zero-order chi connectivity index (χ0) is 30.4. The Morgan fingerprint density at radius 2 is 1.00 bits per heavy atom. The fraction of sp³-hybridized carbons (Fsp3) is 0.550. The number of aryl methyl sites for hydroxylation is 1. The summed E-state index contributed by atoms with van der Waals surface area (Å²) in [4.78, 5) is 0. The quantitative estimate of drug-likeness (QED) is 0.0811. The molecular weight excluding hydrogens is 528 g/mol. The van der Waals surface area contributed by atoms with Crippen LogP contribution in [0, 0.1) is 0 Å². The van der Waals surface area contributed by atoms with Crippen molar-refractivity contribution < 1.29 is 14.9 Å². The summed E-state index contributed by atoms with van der Waals surface area (Å²) in [5, 5.41) is 19.8. The van der Waals surface area contributed by atoms with E-state index in [0.29, 0.717) is 0 Å². The maximum absolute atomic E-state index is 10.3. The van der Waals surface area contributed by atoms with Gasteiger partial charge < -0.3 is 14.9 Å². The van der Waals surface area contributed by atoms with Crippen molar-refractivity contribution in [3.8, 4) is 0 Å². The van der Waals surface area contributed by atoms with Crippen LogP contribution in [0.15, 0.2) is 84.9 Å². The molecule has 3 heteroatoms. The summed E-state index contributed by atoms with van der Waals surface area (Å²) in [5.74, 6) is 0. The Balaban J connectivity index is 1.48. The molecule has 0 aliphatic heterocycles. The Bertz CT molecular complexity index is 1040. The van der Waals surface area contributed by atoms with Gasteiger partial charge in [0.1, 0.15) is 11.7 Å². The number of aliphatic hydroxyl groups is 2. The first-order valence-corrected chi connectivity index (χ1v) is 17.3. The number of hydrogen-bond donors (Lipinski definition) is 2. The number of aliphatic hydroxyl groups excluding tert-OH is 2. The van der Waals surface area contributed by atoms with Gasteiger partial charge in [-0.1, -0.05) is 188 Å². The second-order valence-corrected chi connectivity index (χ2v) is 12.3. The van der Waals surface area contributed by atoms with Crippen LogP contribution in [0.5, 0.6) is 0 Å². The van der Waals surface area contributed by atoms with Gasteiger partial charge in [0, 0.05) is 0 Å². The molecule has 0 amide bonds. The average Bonchev–Trinajstić information content (AvgIpc) is 3.06. The second kappa shape index (κ2) is 21.3. The standard InChI is InChI=1S/C40H58O3/c1-2-3-4-5-6-7-8-9-10-11-12-13-14-15-16-19-25-35-26-24-31-38(32-35)40(43-34-39(42)33-41,36-27-20-17-21-28-36)37-29-22-18-23-30-37/h17-18,20-24,26-32,39,41-42H,2-16,19,25,33-34H2,1H3. The van der Waals surface area contributed by atoms with Crippen LogP contribution in [-0.4, -0.2) is 29.5 Å². The van der Waals surface area contributed by atoms with Gasteiger partial charge in [0.25, 0.3) is 0 Å². The third kappa shape index (κ3) is 12.2. The molecule has 0 saturated heterocycles. The van der Waals surface area contributed by atoms with E-state index in [9.17, 15) is 10.2 Å². The van der Waals surface area contributed by atoms with Crippen molar-refractivity contribution in [2.75, 3.05) is 13.2 Å². The largest absolute Gasteiger partial charge is 0.394 e. The van der Waals surface area contributed by atoms with Gasteiger partial charge in [0.2, 0.25) is 0 Å². The van der Waals surface area contributed by atoms with E-state index in [-0.39, 0.29) is 13.2 Å². The summed E-state index contributed by atoms with van der Waals surface area (Å²) >= 11 is 0. The number of benzene rings is 3. The van der Waals surface area contributed by atoms with E-state index in [0.717, 1.165) is 23.1 Å². The van der Waals surface area contributed by atoms with Gasteiger partial charge in [-0.25, -0.2) is 0 Å². The Morgan fingerprint density at radius 1 is 0.558 bits per heavy atom. The van der Waals surface area contributed by atoms with Gasteiger partial charge in [-0.05, 0) is 35.1 Å². The first kappa shape index (κ1) is 35.0. The van der Waals surface area contributed by atoms with Gasteiger partial charge in [-0.3, -0.25) is 0 Å². The average molecular weight is 587 g/mol. The minimum atomic E-state index is -0.944. The lowest BCUT2D eigenvalue weighted by Gasteiger charge is -2.36. The first-order valence-electron chi connectivity index (χ1n) is 17.3. The molecule has 0 fully saturated rings. The molecule has 1 unspecified atom stereocenters. The Labute approximate surface area is 262 Å². The molecule has 3 rings (SSSR count). The maximum atomic E-state index is 10.3. The zero-order valence-corrected chi connectivity index (χ0v) is 26.9. The lowest BCUT2D eigenvalue weighted by atomic mass is 9.79. The molecule has 0 aliphatic carbocycles. The molecule has 0 aromatic heterocycles. The molecule has 0 aliphatic rings. The molecule has 236 valence electrons. The molecule has 43 heavy (non-hydrogen) atoms. The molecular formula is C40H58O3. The van der Waals surface area contributed by atoms with Crippen LogP contribution >= 0.6 is 0 Å². The van der Waals surface area contributed by atoms with Crippen molar-refractivity contribution >= 4 is 0 Å². The van der Waals surface area contributed by atoms with Gasteiger partial charge in [-0.15, -0.1) is 0 Å². The van der Waals surface area contributed by atoms with E-state index in [1.807, 2.05) is 36.4 Å². The summed E-state index contributed by atoms with van der Waals surface area (Å²) in [6, 6.07) is 29.2. The van der Waals surface area contributed by atoms with Crippen molar-refractivity contribution in [3.63, 3.8) is 0 Å². The SMILES string of the molecule is CCCCCCCCCCCCCCCCCCc1cccc(C(OCC(O)CO)(c2ccccc2)c2ccccc2)c1. The van der Waals surface area contributed by atoms with E-state index in [2.05, 4.69) is 55.5 Å². The molecule has 0 bridgehead atoms. The minimum Gasteiger partial charge on any atom is -0.394 e. The Hall–Kier alpha value is -2.46. The Morgan fingerprint density at radius 3 is 1.47 bits per heavy atom. The lowest BCUT2D eigenvalue weighted by molar-refractivity contribution is -0.0524. The lowest BCUT2D eigenvalue weighted by Crippen LogP contribution is -2.36. The number of ether oxygens (including phenoxy) is 1. The highest BCUT2D eigenvalue weighted by Crippen LogP contribution is 2.41. The van der Waals surface area contributed by atoms with Crippen molar-refractivity contribution in [2.45, 2.75) is 128 Å². The highest BCUT2D eigenvalue weighted by Gasteiger charge is 2.38. The highest BCUT2D eigenvalue weighted by molar-refractivity contribution is 5.48. The predicted molar refractivity (Wildman–Crippen MR) is 182 cm³/mol. The van der Waals surface area contributed by atoms with Gasteiger partial charge in [0.15, 0.2) is 0 Å². The molecule has 0 radical (unpaired) electrons. The van der Waals surface area contributed by atoms with Crippen molar-refractivity contribution in [3.05, 3.63) is 107 Å². The molecule has 3 aromatic carbocycles. The monoisotopic (exact) mass is 586 g/mol. The van der Waals surface area contributed by atoms with Crippen molar-refractivity contribution in [1.29, 1.82) is 0 Å². The highest BCUT2D eigenvalue weighted by atomic mass is 16.5. The summed E-state index contributed by atoms with van der Waals surface area (Å²) < 4.78 is 6.62. The maximum Gasteiger partial charge on any atom is 0.143 e.